The summed E-state index contributed by atoms with van der Waals surface area (Å²) in [5, 5.41) is 3.40. The van der Waals surface area contributed by atoms with E-state index in [9.17, 15) is 4.79 Å². The number of piperidine rings is 1. The second-order valence-electron chi connectivity index (χ2n) is 10.8. The summed E-state index contributed by atoms with van der Waals surface area (Å²) in [6, 6.07) is 7.32. The number of hydrogen-bond donors (Lipinski definition) is 1. The first-order chi connectivity index (χ1) is 17.6. The summed E-state index contributed by atoms with van der Waals surface area (Å²) in [7, 11) is 6.10. The van der Waals surface area contributed by atoms with Gasteiger partial charge < -0.3 is 29.7 Å². The molecule has 2 saturated heterocycles. The number of hydrogen-bond acceptors (Lipinski definition) is 8. The Hall–Kier alpha value is -3.07. The number of aromatic nitrogens is 2. The molecule has 0 spiro atoms. The Morgan fingerprint density at radius 2 is 1.86 bits per heavy atom. The van der Waals surface area contributed by atoms with Crippen LogP contribution in [0, 0.1) is 0 Å². The minimum atomic E-state index is -0.0461. The van der Waals surface area contributed by atoms with Gasteiger partial charge in [-0.05, 0) is 72.7 Å². The Balaban J connectivity index is 1.61. The van der Waals surface area contributed by atoms with Gasteiger partial charge in [-0.2, -0.15) is 4.98 Å². The van der Waals surface area contributed by atoms with Gasteiger partial charge in [0.25, 0.3) is 0 Å². The second kappa shape index (κ2) is 11.5. The van der Waals surface area contributed by atoms with E-state index in [2.05, 4.69) is 64.2 Å². The monoisotopic (exact) mass is 509 g/mol. The van der Waals surface area contributed by atoms with Crippen LogP contribution in [0.4, 0.5) is 28.8 Å². The smallest absolute Gasteiger partial charge is 0.229 e. The standard InChI is InChI=1S/C28H43N7O2/c1-19(2)37-26-17-23(34-15-12-22(13-16-34)32(5)6)10-11-24(26)30-28-29-18-25(33(7)21(4)36)27(31-28)35-14-8-9-20(35)3/h10-11,17-20,22H,8-9,12-16H2,1-7H3,(H,29,30,31)/t20-/m1/s1. The van der Waals surface area contributed by atoms with Gasteiger partial charge in [-0.15, -0.1) is 0 Å². The van der Waals surface area contributed by atoms with Crippen molar-refractivity contribution in [1.82, 2.24) is 14.9 Å². The van der Waals surface area contributed by atoms with Crippen LogP contribution in [0.2, 0.25) is 0 Å². The minimum absolute atomic E-state index is 0.0313. The highest BCUT2D eigenvalue weighted by Crippen LogP contribution is 2.36. The van der Waals surface area contributed by atoms with Gasteiger partial charge in [-0.3, -0.25) is 4.79 Å². The highest BCUT2D eigenvalue weighted by molar-refractivity contribution is 5.94. The number of nitrogens with one attached hydrogen (secondary N) is 1. The predicted molar refractivity (Wildman–Crippen MR) is 152 cm³/mol. The summed E-state index contributed by atoms with van der Waals surface area (Å²) in [6.45, 7) is 10.8. The Morgan fingerprint density at radius 3 is 2.46 bits per heavy atom. The molecule has 3 heterocycles. The van der Waals surface area contributed by atoms with Crippen LogP contribution in [-0.2, 0) is 4.79 Å². The lowest BCUT2D eigenvalue weighted by Gasteiger charge is -2.36. The van der Waals surface area contributed by atoms with Crippen LogP contribution in [0.15, 0.2) is 24.4 Å². The van der Waals surface area contributed by atoms with Crippen LogP contribution in [0.25, 0.3) is 0 Å². The van der Waals surface area contributed by atoms with Gasteiger partial charge in [0.15, 0.2) is 5.82 Å². The van der Waals surface area contributed by atoms with Crippen LogP contribution in [0.3, 0.4) is 0 Å². The maximum atomic E-state index is 12.1. The number of carbonyl (C=O) groups is 1. The molecular weight excluding hydrogens is 466 g/mol. The van der Waals surface area contributed by atoms with Gasteiger partial charge in [0, 0.05) is 57.4 Å². The van der Waals surface area contributed by atoms with E-state index < -0.39 is 0 Å². The van der Waals surface area contributed by atoms with Crippen LogP contribution in [0.5, 0.6) is 5.75 Å². The number of rotatable bonds is 8. The molecule has 1 aromatic carbocycles. The number of carbonyl (C=O) groups excluding carboxylic acids is 1. The van der Waals surface area contributed by atoms with Crippen LogP contribution < -0.4 is 24.8 Å². The zero-order valence-corrected chi connectivity index (χ0v) is 23.5. The minimum Gasteiger partial charge on any atom is -0.489 e. The number of anilines is 5. The molecule has 0 radical (unpaired) electrons. The predicted octanol–water partition coefficient (Wildman–Crippen LogP) is 4.51. The van der Waals surface area contributed by atoms with Crippen LogP contribution in [-0.4, -0.2) is 79.7 Å². The quantitative estimate of drug-likeness (QED) is 0.557. The third-order valence-corrected chi connectivity index (χ3v) is 7.54. The Kier molecular flexibility index (Phi) is 8.42. The summed E-state index contributed by atoms with van der Waals surface area (Å²) in [6.07, 6.45) is 6.29. The van der Waals surface area contributed by atoms with E-state index >= 15 is 0 Å². The largest absolute Gasteiger partial charge is 0.489 e. The highest BCUT2D eigenvalue weighted by Gasteiger charge is 2.27. The van der Waals surface area contributed by atoms with Crippen LogP contribution >= 0.6 is 0 Å². The van der Waals surface area contributed by atoms with E-state index in [4.69, 9.17) is 9.72 Å². The van der Waals surface area contributed by atoms with E-state index in [1.54, 1.807) is 25.1 Å². The Labute approximate surface area is 221 Å². The molecule has 0 bridgehead atoms. The summed E-state index contributed by atoms with van der Waals surface area (Å²) in [5.41, 5.74) is 2.72. The van der Waals surface area contributed by atoms with E-state index in [-0.39, 0.29) is 12.0 Å². The van der Waals surface area contributed by atoms with Gasteiger partial charge >= 0.3 is 0 Å². The zero-order valence-electron chi connectivity index (χ0n) is 23.5. The molecule has 37 heavy (non-hydrogen) atoms. The molecule has 2 fully saturated rings. The number of ether oxygens (including phenoxy) is 1. The van der Waals surface area contributed by atoms with Crippen molar-refractivity contribution in [2.45, 2.75) is 71.6 Å². The summed E-state index contributed by atoms with van der Waals surface area (Å²) < 4.78 is 6.23. The molecule has 2 aliphatic heterocycles. The number of benzene rings is 1. The van der Waals surface area contributed by atoms with Crippen molar-refractivity contribution >= 4 is 34.7 Å². The summed E-state index contributed by atoms with van der Waals surface area (Å²) >= 11 is 0. The van der Waals surface area contributed by atoms with Crippen molar-refractivity contribution in [2.24, 2.45) is 0 Å². The molecule has 9 nitrogen and oxygen atoms in total. The fourth-order valence-electron chi connectivity index (χ4n) is 5.22. The van der Waals surface area contributed by atoms with Gasteiger partial charge in [-0.25, -0.2) is 4.98 Å². The Morgan fingerprint density at radius 1 is 1.14 bits per heavy atom. The summed E-state index contributed by atoms with van der Waals surface area (Å²) in [4.78, 5) is 30.3. The second-order valence-corrected chi connectivity index (χ2v) is 10.8. The molecule has 0 aliphatic carbocycles. The zero-order chi connectivity index (χ0) is 26.7. The maximum Gasteiger partial charge on any atom is 0.229 e. The average molecular weight is 510 g/mol. The third kappa shape index (κ3) is 6.26. The van der Waals surface area contributed by atoms with Crippen molar-refractivity contribution in [1.29, 1.82) is 0 Å². The molecule has 1 amide bonds. The molecule has 1 N–H and O–H groups in total. The fourth-order valence-corrected chi connectivity index (χ4v) is 5.22. The molecule has 1 aromatic heterocycles. The molecule has 0 unspecified atom stereocenters. The van der Waals surface area contributed by atoms with E-state index in [1.165, 1.54) is 5.69 Å². The molecule has 0 saturated carbocycles. The fraction of sp³-hybridized carbons (Fsp3) is 0.607. The lowest BCUT2D eigenvalue weighted by molar-refractivity contribution is -0.116. The van der Waals surface area contributed by atoms with E-state index in [0.29, 0.717) is 18.0 Å². The van der Waals surface area contributed by atoms with E-state index in [1.807, 2.05) is 13.8 Å². The lowest BCUT2D eigenvalue weighted by Crippen LogP contribution is -2.42. The van der Waals surface area contributed by atoms with Crippen LogP contribution in [0.1, 0.15) is 53.4 Å². The van der Waals surface area contributed by atoms with Crippen molar-refractivity contribution in [3.05, 3.63) is 24.4 Å². The first-order valence-electron chi connectivity index (χ1n) is 13.5. The summed E-state index contributed by atoms with van der Waals surface area (Å²) in [5.74, 6) is 2.01. The van der Waals surface area contributed by atoms with Crippen molar-refractivity contribution in [2.75, 3.05) is 60.8 Å². The molecule has 9 heteroatoms. The van der Waals surface area contributed by atoms with Crippen molar-refractivity contribution in [3.8, 4) is 5.75 Å². The molecule has 202 valence electrons. The Bertz CT molecular complexity index is 1080. The lowest BCUT2D eigenvalue weighted by atomic mass is 10.0. The first-order valence-corrected chi connectivity index (χ1v) is 13.5. The van der Waals surface area contributed by atoms with Crippen molar-refractivity contribution < 1.29 is 9.53 Å². The normalized spacial score (nSPS) is 18.6. The number of amides is 1. The average Bonchev–Trinajstić information content (AvgIpc) is 3.30. The SMILES string of the molecule is CC(=O)N(C)c1cnc(Nc2ccc(N3CCC(N(C)C)CC3)cc2OC(C)C)nc1N1CCC[C@H]1C. The van der Waals surface area contributed by atoms with Gasteiger partial charge in [0.2, 0.25) is 11.9 Å². The van der Waals surface area contributed by atoms with Crippen molar-refractivity contribution in [3.63, 3.8) is 0 Å². The molecular formula is C28H43N7O2. The maximum absolute atomic E-state index is 12.1. The third-order valence-electron chi connectivity index (χ3n) is 7.54. The molecule has 4 rings (SSSR count). The molecule has 1 atom stereocenters. The molecule has 2 aromatic rings. The first kappa shape index (κ1) is 27.0. The highest BCUT2D eigenvalue weighted by atomic mass is 16.5. The van der Waals surface area contributed by atoms with Gasteiger partial charge in [-0.1, -0.05) is 0 Å². The molecule has 2 aliphatic rings. The van der Waals surface area contributed by atoms with Gasteiger partial charge in [0.1, 0.15) is 11.4 Å². The topological polar surface area (TPSA) is 77.1 Å². The number of nitrogens with zero attached hydrogens (tertiary/aromatic N) is 6. The van der Waals surface area contributed by atoms with E-state index in [0.717, 1.165) is 68.3 Å². The van der Waals surface area contributed by atoms with Gasteiger partial charge in [0.05, 0.1) is 18.0 Å².